The largest absolute Gasteiger partial charge is 0.482 e. The molecule has 0 aromatic heterocycles. The number of carbonyl (C=O) groups is 2. The van der Waals surface area contributed by atoms with Crippen molar-refractivity contribution in [1.82, 2.24) is 10.2 Å². The first-order valence-corrected chi connectivity index (χ1v) is 7.65. The number of amides is 2. The van der Waals surface area contributed by atoms with E-state index >= 15 is 0 Å². The minimum Gasteiger partial charge on any atom is -0.482 e. The SMILES string of the molecule is CN(C(=O)CN1C(=O)COc2ccc([N+](=O)[O-])cc21)C1CCNC1.Cl. The van der Waals surface area contributed by atoms with Gasteiger partial charge in [-0.3, -0.25) is 24.6 Å². The van der Waals surface area contributed by atoms with Gasteiger partial charge in [0.1, 0.15) is 12.3 Å². The van der Waals surface area contributed by atoms with E-state index < -0.39 is 10.8 Å². The second kappa shape index (κ2) is 7.66. The number of fused-ring (bicyclic) bond motifs is 1. The maximum absolute atomic E-state index is 12.5. The van der Waals surface area contributed by atoms with Crippen molar-refractivity contribution in [2.75, 3.05) is 38.2 Å². The van der Waals surface area contributed by atoms with Crippen LogP contribution < -0.4 is 15.0 Å². The molecule has 136 valence electrons. The molecule has 1 fully saturated rings. The van der Waals surface area contributed by atoms with Gasteiger partial charge in [-0.05, 0) is 19.0 Å². The standard InChI is InChI=1S/C15H18N4O5.ClH/c1-17(11-4-5-16-7-11)14(20)8-18-12-6-10(19(22)23)2-3-13(12)24-9-15(18)21;/h2-3,6,11,16H,4-5,7-9H2,1H3;1H. The number of non-ortho nitro benzene ring substituents is 1. The van der Waals surface area contributed by atoms with Crippen molar-refractivity contribution < 1.29 is 19.2 Å². The third-order valence-electron chi connectivity index (χ3n) is 4.37. The second-order valence-corrected chi connectivity index (χ2v) is 5.83. The van der Waals surface area contributed by atoms with Gasteiger partial charge in [0, 0.05) is 31.8 Å². The first-order chi connectivity index (χ1) is 11.5. The molecule has 0 spiro atoms. The normalized spacial score (nSPS) is 18.8. The van der Waals surface area contributed by atoms with E-state index in [2.05, 4.69) is 5.32 Å². The minimum absolute atomic E-state index is 0. The predicted molar refractivity (Wildman–Crippen MR) is 92.2 cm³/mol. The van der Waals surface area contributed by atoms with Crippen LogP contribution in [0.25, 0.3) is 0 Å². The van der Waals surface area contributed by atoms with Crippen molar-refractivity contribution in [3.8, 4) is 5.75 Å². The van der Waals surface area contributed by atoms with Gasteiger partial charge in [0.25, 0.3) is 11.6 Å². The molecule has 2 amide bonds. The van der Waals surface area contributed by atoms with Gasteiger partial charge in [-0.2, -0.15) is 0 Å². The summed E-state index contributed by atoms with van der Waals surface area (Å²) in [5.41, 5.74) is 0.101. The summed E-state index contributed by atoms with van der Waals surface area (Å²) in [4.78, 5) is 38.0. The molecule has 2 heterocycles. The Kier molecular flexibility index (Phi) is 5.81. The molecule has 1 unspecified atom stereocenters. The number of benzene rings is 1. The molecule has 0 bridgehead atoms. The van der Waals surface area contributed by atoms with E-state index in [1.807, 2.05) is 0 Å². The fourth-order valence-corrected chi connectivity index (χ4v) is 2.90. The number of ether oxygens (including phenoxy) is 1. The summed E-state index contributed by atoms with van der Waals surface area (Å²) in [6.07, 6.45) is 0.862. The van der Waals surface area contributed by atoms with Gasteiger partial charge in [-0.15, -0.1) is 12.4 Å². The van der Waals surface area contributed by atoms with E-state index in [0.29, 0.717) is 5.75 Å². The van der Waals surface area contributed by atoms with E-state index in [1.54, 1.807) is 11.9 Å². The van der Waals surface area contributed by atoms with Crippen molar-refractivity contribution >= 4 is 35.6 Å². The van der Waals surface area contributed by atoms with Gasteiger partial charge >= 0.3 is 0 Å². The molecule has 10 heteroatoms. The molecule has 1 saturated heterocycles. The molecule has 9 nitrogen and oxygen atoms in total. The lowest BCUT2D eigenvalue weighted by Crippen LogP contribution is -2.48. The summed E-state index contributed by atoms with van der Waals surface area (Å²) in [5.74, 6) is -0.246. The van der Waals surface area contributed by atoms with Gasteiger partial charge in [-0.25, -0.2) is 0 Å². The summed E-state index contributed by atoms with van der Waals surface area (Å²) < 4.78 is 5.29. The Labute approximate surface area is 150 Å². The van der Waals surface area contributed by atoms with Gasteiger partial charge in [0.15, 0.2) is 6.61 Å². The Morgan fingerprint density at radius 3 is 2.92 bits per heavy atom. The topological polar surface area (TPSA) is 105 Å². The van der Waals surface area contributed by atoms with Crippen molar-refractivity contribution in [1.29, 1.82) is 0 Å². The molecule has 3 rings (SSSR count). The van der Waals surface area contributed by atoms with Crippen molar-refractivity contribution in [2.45, 2.75) is 12.5 Å². The van der Waals surface area contributed by atoms with Crippen LogP contribution in [0.4, 0.5) is 11.4 Å². The number of halogens is 1. The number of rotatable bonds is 4. The van der Waals surface area contributed by atoms with Crippen LogP contribution in [0.2, 0.25) is 0 Å². The average molecular weight is 371 g/mol. The van der Waals surface area contributed by atoms with Crippen LogP contribution in [-0.4, -0.2) is 61.0 Å². The molecule has 0 saturated carbocycles. The number of hydrogen-bond acceptors (Lipinski definition) is 6. The van der Waals surface area contributed by atoms with Gasteiger partial charge in [0.2, 0.25) is 5.91 Å². The molecule has 1 aromatic carbocycles. The third-order valence-corrected chi connectivity index (χ3v) is 4.37. The highest BCUT2D eigenvalue weighted by atomic mass is 35.5. The number of hydrogen-bond donors (Lipinski definition) is 1. The number of likely N-dealkylation sites (N-methyl/N-ethyl adjacent to an activating group) is 1. The second-order valence-electron chi connectivity index (χ2n) is 5.83. The fraction of sp³-hybridized carbons (Fsp3) is 0.467. The number of nitrogens with one attached hydrogen (secondary N) is 1. The van der Waals surface area contributed by atoms with Crippen molar-refractivity contribution in [3.05, 3.63) is 28.3 Å². The minimum atomic E-state index is -0.546. The number of anilines is 1. The highest BCUT2D eigenvalue weighted by molar-refractivity contribution is 6.02. The highest BCUT2D eigenvalue weighted by Gasteiger charge is 2.31. The summed E-state index contributed by atoms with van der Waals surface area (Å²) in [7, 11) is 1.71. The van der Waals surface area contributed by atoms with Gasteiger partial charge in [-0.1, -0.05) is 0 Å². The molecule has 25 heavy (non-hydrogen) atoms. The molecule has 1 atom stereocenters. The van der Waals surface area contributed by atoms with Crippen LogP contribution in [-0.2, 0) is 9.59 Å². The summed E-state index contributed by atoms with van der Waals surface area (Å²) in [5, 5.41) is 14.1. The van der Waals surface area contributed by atoms with Gasteiger partial charge in [0.05, 0.1) is 10.6 Å². The fourth-order valence-electron chi connectivity index (χ4n) is 2.90. The summed E-state index contributed by atoms with van der Waals surface area (Å²) >= 11 is 0. The molecule has 1 N–H and O–H groups in total. The Morgan fingerprint density at radius 1 is 1.52 bits per heavy atom. The van der Waals surface area contributed by atoms with E-state index in [1.165, 1.54) is 23.1 Å². The van der Waals surface area contributed by atoms with Crippen molar-refractivity contribution in [3.63, 3.8) is 0 Å². The van der Waals surface area contributed by atoms with E-state index in [9.17, 15) is 19.7 Å². The van der Waals surface area contributed by atoms with Crippen molar-refractivity contribution in [2.24, 2.45) is 0 Å². The van der Waals surface area contributed by atoms with Crippen LogP contribution in [0.5, 0.6) is 5.75 Å². The van der Waals surface area contributed by atoms with Crippen LogP contribution in [0.3, 0.4) is 0 Å². The number of nitro groups is 1. The lowest BCUT2D eigenvalue weighted by atomic mass is 10.2. The Bertz CT molecular complexity index is 692. The number of nitrogens with zero attached hydrogens (tertiary/aromatic N) is 3. The monoisotopic (exact) mass is 370 g/mol. The van der Waals surface area contributed by atoms with E-state index in [4.69, 9.17) is 4.74 Å². The molecule has 2 aliphatic rings. The van der Waals surface area contributed by atoms with Crippen LogP contribution in [0.15, 0.2) is 18.2 Å². The quantitative estimate of drug-likeness (QED) is 0.613. The lowest BCUT2D eigenvalue weighted by molar-refractivity contribution is -0.384. The van der Waals surface area contributed by atoms with Crippen LogP contribution in [0.1, 0.15) is 6.42 Å². The molecular weight excluding hydrogens is 352 g/mol. The van der Waals surface area contributed by atoms with E-state index in [-0.39, 0.29) is 48.9 Å². The number of nitro benzene ring substituents is 1. The Morgan fingerprint density at radius 2 is 2.28 bits per heavy atom. The van der Waals surface area contributed by atoms with E-state index in [0.717, 1.165) is 19.5 Å². The predicted octanol–water partition coefficient (Wildman–Crippen LogP) is 0.562. The Balaban J connectivity index is 0.00000225. The zero-order valence-electron chi connectivity index (χ0n) is 13.6. The lowest BCUT2D eigenvalue weighted by Gasteiger charge is -2.31. The molecule has 1 aromatic rings. The first kappa shape index (κ1) is 18.9. The summed E-state index contributed by atoms with van der Waals surface area (Å²) in [6.45, 7) is 1.23. The smallest absolute Gasteiger partial charge is 0.271 e. The average Bonchev–Trinajstić information content (AvgIpc) is 3.10. The Hall–Kier alpha value is -2.39. The maximum Gasteiger partial charge on any atom is 0.271 e. The molecule has 0 radical (unpaired) electrons. The zero-order chi connectivity index (χ0) is 17.3. The molecular formula is C15H19ClN4O5. The number of carbonyl (C=O) groups excluding carboxylic acids is 2. The highest BCUT2D eigenvalue weighted by Crippen LogP contribution is 2.35. The molecule has 0 aliphatic carbocycles. The first-order valence-electron chi connectivity index (χ1n) is 7.65. The van der Waals surface area contributed by atoms with Crippen LogP contribution in [0, 0.1) is 10.1 Å². The maximum atomic E-state index is 12.5. The zero-order valence-corrected chi connectivity index (χ0v) is 14.5. The van der Waals surface area contributed by atoms with Gasteiger partial charge < -0.3 is 15.0 Å². The molecule has 2 aliphatic heterocycles. The summed E-state index contributed by atoms with van der Waals surface area (Å²) in [6, 6.07) is 4.11. The van der Waals surface area contributed by atoms with Crippen LogP contribution >= 0.6 is 12.4 Å². The third kappa shape index (κ3) is 3.83.